The summed E-state index contributed by atoms with van der Waals surface area (Å²) < 4.78 is 0. The molecule has 2 N–H and O–H groups in total. The van der Waals surface area contributed by atoms with E-state index in [1.165, 1.54) is 44.6 Å². The Morgan fingerprint density at radius 1 is 1.11 bits per heavy atom. The van der Waals surface area contributed by atoms with Gasteiger partial charge in [0.15, 0.2) is 0 Å². The van der Waals surface area contributed by atoms with Gasteiger partial charge in [0.1, 0.15) is 0 Å². The Labute approximate surface area is 110 Å². The normalized spacial score (nSPS) is 29.1. The lowest BCUT2D eigenvalue weighted by Gasteiger charge is -2.48. The summed E-state index contributed by atoms with van der Waals surface area (Å²) in [5.41, 5.74) is 7.94. The monoisotopic (exact) mass is 245 g/mol. The summed E-state index contributed by atoms with van der Waals surface area (Å²) in [5.74, 6) is 0. The number of rotatable bonds is 1. The molecule has 1 aromatic rings. The molecule has 2 saturated heterocycles. The number of piperazine rings is 1. The molecule has 0 radical (unpaired) electrons. The van der Waals surface area contributed by atoms with E-state index in [-0.39, 0.29) is 0 Å². The number of nitrogens with two attached hydrogens (primary N) is 1. The molecular weight excluding hydrogens is 222 g/mol. The summed E-state index contributed by atoms with van der Waals surface area (Å²) in [7, 11) is 0. The second-order valence-corrected chi connectivity index (χ2v) is 5.74. The lowest BCUT2D eigenvalue weighted by Crippen LogP contribution is -2.58. The summed E-state index contributed by atoms with van der Waals surface area (Å²) in [6.45, 7) is 6.01. The molecule has 0 bridgehead atoms. The molecule has 2 aliphatic rings. The van der Waals surface area contributed by atoms with Crippen molar-refractivity contribution < 1.29 is 0 Å². The first kappa shape index (κ1) is 11.8. The van der Waals surface area contributed by atoms with Gasteiger partial charge in [0.05, 0.1) is 0 Å². The zero-order valence-electron chi connectivity index (χ0n) is 11.2. The van der Waals surface area contributed by atoms with E-state index in [4.69, 9.17) is 5.73 Å². The van der Waals surface area contributed by atoms with Crippen LogP contribution in [-0.4, -0.2) is 36.6 Å². The SMILES string of the molecule is CC1CN2CCCCC2CN1c1ccc(N)cc1. The fraction of sp³-hybridized carbons (Fsp3) is 0.600. The highest BCUT2D eigenvalue weighted by Gasteiger charge is 2.32. The van der Waals surface area contributed by atoms with Crippen molar-refractivity contribution in [1.82, 2.24) is 4.90 Å². The van der Waals surface area contributed by atoms with Crippen LogP contribution in [0.2, 0.25) is 0 Å². The Morgan fingerprint density at radius 2 is 1.89 bits per heavy atom. The van der Waals surface area contributed by atoms with Gasteiger partial charge < -0.3 is 10.6 Å². The Hall–Kier alpha value is -1.22. The average molecular weight is 245 g/mol. The quantitative estimate of drug-likeness (QED) is 0.771. The molecule has 0 saturated carbocycles. The van der Waals surface area contributed by atoms with Crippen LogP contribution in [0, 0.1) is 0 Å². The Kier molecular flexibility index (Phi) is 3.16. The lowest BCUT2D eigenvalue weighted by atomic mass is 9.96. The minimum absolute atomic E-state index is 0.600. The van der Waals surface area contributed by atoms with Crippen LogP contribution >= 0.6 is 0 Å². The molecular formula is C15H23N3. The summed E-state index contributed by atoms with van der Waals surface area (Å²) in [6, 6.07) is 9.69. The van der Waals surface area contributed by atoms with Crippen molar-refractivity contribution in [3.8, 4) is 0 Å². The zero-order valence-corrected chi connectivity index (χ0v) is 11.2. The Morgan fingerprint density at radius 3 is 2.67 bits per heavy atom. The summed E-state index contributed by atoms with van der Waals surface area (Å²) in [6.07, 6.45) is 4.13. The van der Waals surface area contributed by atoms with Crippen molar-refractivity contribution in [1.29, 1.82) is 0 Å². The van der Waals surface area contributed by atoms with E-state index in [1.807, 2.05) is 12.1 Å². The fourth-order valence-electron chi connectivity index (χ4n) is 3.38. The molecule has 3 nitrogen and oxygen atoms in total. The highest BCUT2D eigenvalue weighted by molar-refractivity contribution is 5.54. The van der Waals surface area contributed by atoms with E-state index < -0.39 is 0 Å². The van der Waals surface area contributed by atoms with Crippen LogP contribution in [0.15, 0.2) is 24.3 Å². The number of hydrogen-bond donors (Lipinski definition) is 1. The molecule has 3 rings (SSSR count). The molecule has 2 unspecified atom stereocenters. The van der Waals surface area contributed by atoms with E-state index in [0.717, 1.165) is 11.7 Å². The summed E-state index contributed by atoms with van der Waals surface area (Å²) >= 11 is 0. The minimum atomic E-state index is 0.600. The number of benzene rings is 1. The van der Waals surface area contributed by atoms with E-state index in [2.05, 4.69) is 28.9 Å². The molecule has 98 valence electrons. The van der Waals surface area contributed by atoms with E-state index in [0.29, 0.717) is 6.04 Å². The van der Waals surface area contributed by atoms with Crippen LogP contribution in [0.5, 0.6) is 0 Å². The van der Waals surface area contributed by atoms with Gasteiger partial charge in [0.25, 0.3) is 0 Å². The van der Waals surface area contributed by atoms with Crippen LogP contribution in [0.4, 0.5) is 11.4 Å². The zero-order chi connectivity index (χ0) is 12.5. The van der Waals surface area contributed by atoms with Crippen molar-refractivity contribution in [2.45, 2.75) is 38.3 Å². The molecule has 2 fully saturated rings. The van der Waals surface area contributed by atoms with E-state index >= 15 is 0 Å². The maximum absolute atomic E-state index is 5.77. The molecule has 0 aromatic heterocycles. The van der Waals surface area contributed by atoms with Gasteiger partial charge in [-0.2, -0.15) is 0 Å². The highest BCUT2D eigenvalue weighted by Crippen LogP contribution is 2.28. The number of piperidine rings is 1. The third-order valence-corrected chi connectivity index (χ3v) is 4.41. The van der Waals surface area contributed by atoms with Crippen molar-refractivity contribution in [2.75, 3.05) is 30.3 Å². The number of nitrogen functional groups attached to an aromatic ring is 1. The van der Waals surface area contributed by atoms with Crippen molar-refractivity contribution in [3.63, 3.8) is 0 Å². The molecule has 2 aliphatic heterocycles. The summed E-state index contributed by atoms with van der Waals surface area (Å²) in [4.78, 5) is 5.23. The van der Waals surface area contributed by atoms with Gasteiger partial charge in [-0.25, -0.2) is 0 Å². The van der Waals surface area contributed by atoms with Gasteiger partial charge in [-0.05, 0) is 50.6 Å². The largest absolute Gasteiger partial charge is 0.399 e. The highest BCUT2D eigenvalue weighted by atomic mass is 15.3. The van der Waals surface area contributed by atoms with E-state index in [9.17, 15) is 0 Å². The molecule has 3 heteroatoms. The lowest BCUT2D eigenvalue weighted by molar-refractivity contribution is 0.115. The second kappa shape index (κ2) is 4.81. The number of hydrogen-bond acceptors (Lipinski definition) is 3. The van der Waals surface area contributed by atoms with Crippen LogP contribution in [0.1, 0.15) is 26.2 Å². The van der Waals surface area contributed by atoms with Crippen LogP contribution in [0.25, 0.3) is 0 Å². The number of fused-ring (bicyclic) bond motifs is 1. The summed E-state index contributed by atoms with van der Waals surface area (Å²) in [5, 5.41) is 0. The van der Waals surface area contributed by atoms with Gasteiger partial charge in [-0.15, -0.1) is 0 Å². The van der Waals surface area contributed by atoms with Gasteiger partial charge in [-0.3, -0.25) is 4.90 Å². The predicted molar refractivity (Wildman–Crippen MR) is 76.9 cm³/mol. The molecule has 0 amide bonds. The van der Waals surface area contributed by atoms with Crippen LogP contribution in [-0.2, 0) is 0 Å². The third kappa shape index (κ3) is 2.19. The fourth-order valence-corrected chi connectivity index (χ4v) is 3.38. The van der Waals surface area contributed by atoms with Crippen molar-refractivity contribution in [3.05, 3.63) is 24.3 Å². The third-order valence-electron chi connectivity index (χ3n) is 4.41. The maximum Gasteiger partial charge on any atom is 0.0389 e. The standard InChI is InChI=1S/C15H23N3/c1-12-10-17-9-3-2-4-15(17)11-18(12)14-7-5-13(16)6-8-14/h5-8,12,15H,2-4,9-11,16H2,1H3. The van der Waals surface area contributed by atoms with Crippen LogP contribution < -0.4 is 10.6 Å². The minimum Gasteiger partial charge on any atom is -0.399 e. The number of anilines is 2. The first-order chi connectivity index (χ1) is 8.74. The van der Waals surface area contributed by atoms with Crippen LogP contribution in [0.3, 0.4) is 0 Å². The Balaban J connectivity index is 1.77. The molecule has 18 heavy (non-hydrogen) atoms. The molecule has 0 spiro atoms. The topological polar surface area (TPSA) is 32.5 Å². The molecule has 0 aliphatic carbocycles. The van der Waals surface area contributed by atoms with Gasteiger partial charge in [-0.1, -0.05) is 6.42 Å². The molecule has 2 atom stereocenters. The maximum atomic E-state index is 5.77. The van der Waals surface area contributed by atoms with Gasteiger partial charge >= 0.3 is 0 Å². The first-order valence-corrected chi connectivity index (χ1v) is 7.10. The first-order valence-electron chi connectivity index (χ1n) is 7.10. The van der Waals surface area contributed by atoms with Gasteiger partial charge in [0.2, 0.25) is 0 Å². The molecule has 1 aromatic carbocycles. The average Bonchev–Trinajstić information content (AvgIpc) is 2.39. The van der Waals surface area contributed by atoms with Crippen molar-refractivity contribution >= 4 is 11.4 Å². The number of nitrogens with zero attached hydrogens (tertiary/aromatic N) is 2. The second-order valence-electron chi connectivity index (χ2n) is 5.74. The smallest absolute Gasteiger partial charge is 0.0389 e. The predicted octanol–water partition coefficient (Wildman–Crippen LogP) is 2.33. The van der Waals surface area contributed by atoms with E-state index in [1.54, 1.807) is 0 Å². The molecule has 2 heterocycles. The Bertz CT molecular complexity index is 401. The van der Waals surface area contributed by atoms with Gasteiger partial charge in [0, 0.05) is 36.5 Å². The van der Waals surface area contributed by atoms with Crippen molar-refractivity contribution in [2.24, 2.45) is 0 Å².